The highest BCUT2D eigenvalue weighted by atomic mass is 31.1. The van der Waals surface area contributed by atoms with Crippen molar-refractivity contribution < 1.29 is 4.57 Å². The number of aromatic amines is 1. The topological polar surface area (TPSA) is 82.7 Å². The van der Waals surface area contributed by atoms with E-state index in [9.17, 15) is 4.57 Å². The lowest BCUT2D eigenvalue weighted by Gasteiger charge is -1.93. The quantitative estimate of drug-likeness (QED) is 0.393. The van der Waals surface area contributed by atoms with Crippen molar-refractivity contribution in [1.29, 1.82) is 5.41 Å². The molecule has 0 saturated heterocycles. The molecule has 14 heavy (non-hydrogen) atoms. The molecule has 0 bridgehead atoms. The number of H-pyrrole nitrogens is 1. The van der Waals surface area contributed by atoms with Crippen LogP contribution in [0, 0.1) is 5.41 Å². The van der Waals surface area contributed by atoms with Crippen molar-refractivity contribution in [3.8, 4) is 0 Å². The maximum absolute atomic E-state index is 10.8. The van der Waals surface area contributed by atoms with Crippen molar-refractivity contribution in [1.82, 2.24) is 4.98 Å². The second-order valence-corrected chi connectivity index (χ2v) is 3.53. The Labute approximate surface area is 81.8 Å². The van der Waals surface area contributed by atoms with E-state index in [1.807, 2.05) is 24.3 Å². The van der Waals surface area contributed by atoms with Crippen LogP contribution in [-0.2, 0) is 4.57 Å². The molecule has 0 aliphatic heterocycles. The molecule has 0 amide bonds. The van der Waals surface area contributed by atoms with E-state index in [1.165, 1.54) is 0 Å². The molecule has 0 unspecified atom stereocenters. The van der Waals surface area contributed by atoms with E-state index in [0.717, 1.165) is 10.8 Å². The summed E-state index contributed by atoms with van der Waals surface area (Å²) in [6, 6.07) is 7.40. The number of nitrogens with one attached hydrogen (secondary N) is 2. The molecule has 70 valence electrons. The molecule has 4 nitrogen and oxygen atoms in total. The summed E-state index contributed by atoms with van der Waals surface area (Å²) in [6.07, 6.45) is 0. The SMILES string of the molecule is N=C(N)c1[nH]c(P=O)c2ccccc12. The first-order valence-electron chi connectivity index (χ1n) is 4.02. The zero-order chi connectivity index (χ0) is 10.1. The summed E-state index contributed by atoms with van der Waals surface area (Å²) in [6.45, 7) is 0. The Morgan fingerprint density at radius 3 is 2.57 bits per heavy atom. The smallest absolute Gasteiger partial charge is 0.211 e. The first-order valence-corrected chi connectivity index (χ1v) is 4.83. The van der Waals surface area contributed by atoms with Gasteiger partial charge in [0.25, 0.3) is 0 Å². The molecule has 4 N–H and O–H groups in total. The van der Waals surface area contributed by atoms with Gasteiger partial charge in [-0.1, -0.05) is 24.3 Å². The molecule has 0 atom stereocenters. The standard InChI is InChI=1S/C9H8N3OP/c10-8(11)7-5-3-1-2-4-6(5)9(12-7)14-13/h1-4,12H,(H3,10,11). The molecule has 0 saturated carbocycles. The Bertz CT molecular complexity index is 518. The first-order chi connectivity index (χ1) is 6.74. The summed E-state index contributed by atoms with van der Waals surface area (Å²) < 4.78 is 10.8. The van der Waals surface area contributed by atoms with E-state index in [2.05, 4.69) is 4.98 Å². The van der Waals surface area contributed by atoms with Crippen LogP contribution < -0.4 is 11.2 Å². The average molecular weight is 205 g/mol. The third kappa shape index (κ3) is 1.20. The van der Waals surface area contributed by atoms with Crippen LogP contribution in [0.2, 0.25) is 0 Å². The second-order valence-electron chi connectivity index (χ2n) is 2.90. The van der Waals surface area contributed by atoms with Crippen LogP contribution in [0.4, 0.5) is 0 Å². The lowest BCUT2D eigenvalue weighted by Crippen LogP contribution is -2.12. The van der Waals surface area contributed by atoms with Gasteiger partial charge < -0.3 is 10.7 Å². The Hall–Kier alpha value is -1.67. The van der Waals surface area contributed by atoms with E-state index in [1.54, 1.807) is 0 Å². The largest absolute Gasteiger partial charge is 0.382 e. The highest BCUT2D eigenvalue weighted by molar-refractivity contribution is 7.34. The molecule has 2 aromatic rings. The molecule has 0 aliphatic carbocycles. The number of amidine groups is 1. The summed E-state index contributed by atoms with van der Waals surface area (Å²) in [5.41, 5.74) is 6.48. The molecule has 1 aromatic heterocycles. The number of nitrogen functional groups attached to an aromatic ring is 1. The number of aromatic nitrogens is 1. The fourth-order valence-electron chi connectivity index (χ4n) is 1.45. The van der Waals surface area contributed by atoms with Gasteiger partial charge in [0.05, 0.1) is 5.69 Å². The second kappa shape index (κ2) is 3.24. The third-order valence-electron chi connectivity index (χ3n) is 2.06. The molecule has 1 aromatic carbocycles. The third-order valence-corrected chi connectivity index (χ3v) is 2.59. The Morgan fingerprint density at radius 1 is 1.36 bits per heavy atom. The maximum atomic E-state index is 10.8. The van der Waals surface area contributed by atoms with E-state index in [-0.39, 0.29) is 14.3 Å². The zero-order valence-corrected chi connectivity index (χ0v) is 8.14. The van der Waals surface area contributed by atoms with Gasteiger partial charge in [-0.15, -0.1) is 0 Å². The number of hydrogen-bond donors (Lipinski definition) is 3. The molecular weight excluding hydrogens is 197 g/mol. The van der Waals surface area contributed by atoms with Gasteiger partial charge in [-0.05, 0) is 0 Å². The molecule has 1 heterocycles. The van der Waals surface area contributed by atoms with Crippen LogP contribution in [0.5, 0.6) is 0 Å². The minimum atomic E-state index is -0.0908. The maximum Gasteiger partial charge on any atom is 0.211 e. The van der Waals surface area contributed by atoms with Crippen LogP contribution in [0.3, 0.4) is 0 Å². The monoisotopic (exact) mass is 205 g/mol. The summed E-state index contributed by atoms with van der Waals surface area (Å²) >= 11 is 0. The fraction of sp³-hybridized carbons (Fsp3) is 0. The highest BCUT2D eigenvalue weighted by Crippen LogP contribution is 2.18. The summed E-state index contributed by atoms with van der Waals surface area (Å²) in [7, 11) is -0.0908. The van der Waals surface area contributed by atoms with Gasteiger partial charge in [0.1, 0.15) is 11.3 Å². The number of rotatable bonds is 2. The molecule has 0 radical (unpaired) electrons. The minimum Gasteiger partial charge on any atom is -0.382 e. The summed E-state index contributed by atoms with van der Waals surface area (Å²) in [5.74, 6) is -0.0453. The fourth-order valence-corrected chi connectivity index (χ4v) is 1.90. The normalized spacial score (nSPS) is 10.9. The van der Waals surface area contributed by atoms with Crippen molar-refractivity contribution >= 4 is 30.5 Å². The van der Waals surface area contributed by atoms with Crippen molar-refractivity contribution in [3.05, 3.63) is 30.0 Å². The molecule has 0 spiro atoms. The van der Waals surface area contributed by atoms with E-state index in [4.69, 9.17) is 11.1 Å². The van der Waals surface area contributed by atoms with E-state index < -0.39 is 0 Å². The van der Waals surface area contributed by atoms with Gasteiger partial charge in [-0.3, -0.25) is 9.97 Å². The van der Waals surface area contributed by atoms with E-state index >= 15 is 0 Å². The molecule has 2 rings (SSSR count). The number of nitrogens with two attached hydrogens (primary N) is 1. The average Bonchev–Trinajstić information content (AvgIpc) is 2.56. The predicted octanol–water partition coefficient (Wildman–Crippen LogP) is 1.37. The van der Waals surface area contributed by atoms with Crippen molar-refractivity contribution in [2.24, 2.45) is 5.73 Å². The van der Waals surface area contributed by atoms with Crippen LogP contribution >= 0.6 is 8.46 Å². The molecular formula is C9H8N3OP. The number of fused-ring (bicyclic) bond motifs is 1. The number of hydrogen-bond acceptors (Lipinski definition) is 2. The number of benzene rings is 1. The summed E-state index contributed by atoms with van der Waals surface area (Å²) in [4.78, 5) is 2.86. The first kappa shape index (κ1) is 8.91. The van der Waals surface area contributed by atoms with Crippen molar-refractivity contribution in [2.45, 2.75) is 0 Å². The van der Waals surface area contributed by atoms with Gasteiger partial charge in [-0.2, -0.15) is 0 Å². The Morgan fingerprint density at radius 2 is 2.00 bits per heavy atom. The van der Waals surface area contributed by atoms with Crippen molar-refractivity contribution in [2.75, 3.05) is 0 Å². The summed E-state index contributed by atoms with van der Waals surface area (Å²) in [5, 5.41) is 9.02. The van der Waals surface area contributed by atoms with Crippen molar-refractivity contribution in [3.63, 3.8) is 0 Å². The van der Waals surface area contributed by atoms with E-state index in [0.29, 0.717) is 11.1 Å². The lowest BCUT2D eigenvalue weighted by atomic mass is 10.2. The van der Waals surface area contributed by atoms with Crippen LogP contribution in [0.1, 0.15) is 5.69 Å². The van der Waals surface area contributed by atoms with Gasteiger partial charge in [0.2, 0.25) is 8.46 Å². The lowest BCUT2D eigenvalue weighted by molar-refractivity contribution is 0.603. The molecule has 0 aliphatic rings. The van der Waals surface area contributed by atoms with Crippen LogP contribution in [-0.4, -0.2) is 10.8 Å². The Kier molecular flexibility index (Phi) is 2.06. The van der Waals surface area contributed by atoms with Gasteiger partial charge >= 0.3 is 0 Å². The molecule has 5 heteroatoms. The zero-order valence-electron chi connectivity index (χ0n) is 7.24. The Balaban J connectivity index is 2.86. The van der Waals surface area contributed by atoms with Gasteiger partial charge in [0, 0.05) is 10.8 Å². The van der Waals surface area contributed by atoms with Gasteiger partial charge in [0.15, 0.2) is 0 Å². The molecule has 0 fully saturated rings. The van der Waals surface area contributed by atoms with Crippen LogP contribution in [0.25, 0.3) is 10.8 Å². The highest BCUT2D eigenvalue weighted by Gasteiger charge is 2.10. The van der Waals surface area contributed by atoms with Crippen LogP contribution in [0.15, 0.2) is 24.3 Å². The predicted molar refractivity (Wildman–Crippen MR) is 56.6 cm³/mol. The van der Waals surface area contributed by atoms with Gasteiger partial charge in [-0.25, -0.2) is 0 Å². The minimum absolute atomic E-state index is 0.0453.